The lowest BCUT2D eigenvalue weighted by atomic mass is 10.1. The smallest absolute Gasteiger partial charge is 0.263 e. The Morgan fingerprint density at radius 1 is 1.41 bits per heavy atom. The monoisotopic (exact) mass is 248 g/mol. The number of alkyl halides is 4. The standard InChI is InChI=1S/C11H12F4N2/c1-3-17-9-6(8(16-17)10(12)13)5-4(2)7(5)11(9,14)15/h4-5,7,10H,3H2,1-2H3/t4-,5-,7-/m1/s1. The van der Waals surface area contributed by atoms with Crippen LogP contribution in [0.2, 0.25) is 0 Å². The molecule has 0 saturated heterocycles. The van der Waals surface area contributed by atoms with Crippen molar-refractivity contribution in [3.63, 3.8) is 0 Å². The van der Waals surface area contributed by atoms with Crippen LogP contribution in [-0.2, 0) is 12.5 Å². The van der Waals surface area contributed by atoms with Crippen molar-refractivity contribution in [1.82, 2.24) is 9.78 Å². The molecular formula is C11H12F4N2. The van der Waals surface area contributed by atoms with Crippen LogP contribution >= 0.6 is 0 Å². The minimum atomic E-state index is -3.00. The van der Waals surface area contributed by atoms with Crippen LogP contribution in [0.15, 0.2) is 0 Å². The summed E-state index contributed by atoms with van der Waals surface area (Å²) in [6.45, 7) is 3.51. The van der Waals surface area contributed by atoms with Gasteiger partial charge in [0, 0.05) is 23.9 Å². The summed E-state index contributed by atoms with van der Waals surface area (Å²) in [6, 6.07) is 0. The van der Waals surface area contributed by atoms with Crippen LogP contribution in [0.3, 0.4) is 0 Å². The molecule has 3 rings (SSSR count). The van der Waals surface area contributed by atoms with Crippen molar-refractivity contribution in [3.05, 3.63) is 17.0 Å². The molecule has 2 aliphatic rings. The third kappa shape index (κ3) is 1.13. The first kappa shape index (κ1) is 11.0. The molecule has 1 heterocycles. The van der Waals surface area contributed by atoms with E-state index in [-0.39, 0.29) is 23.7 Å². The normalized spacial score (nSPS) is 32.8. The molecule has 1 aromatic heterocycles. The van der Waals surface area contributed by atoms with Gasteiger partial charge in [-0.1, -0.05) is 6.92 Å². The summed E-state index contributed by atoms with van der Waals surface area (Å²) in [5.41, 5.74) is -0.605. The zero-order valence-corrected chi connectivity index (χ0v) is 9.42. The topological polar surface area (TPSA) is 17.8 Å². The Morgan fingerprint density at radius 3 is 2.59 bits per heavy atom. The molecule has 0 radical (unpaired) electrons. The molecule has 6 heteroatoms. The van der Waals surface area contributed by atoms with Gasteiger partial charge in [-0.2, -0.15) is 13.9 Å². The molecular weight excluding hydrogens is 236 g/mol. The van der Waals surface area contributed by atoms with E-state index in [0.717, 1.165) is 4.68 Å². The average Bonchev–Trinajstić information content (AvgIpc) is 2.69. The van der Waals surface area contributed by atoms with Crippen LogP contribution in [0.4, 0.5) is 17.6 Å². The summed E-state index contributed by atoms with van der Waals surface area (Å²) in [7, 11) is 0. The van der Waals surface area contributed by atoms with Crippen molar-refractivity contribution in [2.45, 2.75) is 38.7 Å². The summed E-state index contributed by atoms with van der Waals surface area (Å²) in [5.74, 6) is -4.45. The second-order valence-corrected chi connectivity index (χ2v) is 4.80. The fraction of sp³-hybridized carbons (Fsp3) is 0.727. The van der Waals surface area contributed by atoms with Crippen LogP contribution < -0.4 is 0 Å². The Morgan fingerprint density at radius 2 is 2.06 bits per heavy atom. The fourth-order valence-electron chi connectivity index (χ4n) is 3.18. The molecule has 2 nitrogen and oxygen atoms in total. The molecule has 1 saturated carbocycles. The van der Waals surface area contributed by atoms with E-state index >= 15 is 0 Å². The molecule has 0 spiro atoms. The first-order chi connectivity index (χ1) is 7.91. The van der Waals surface area contributed by atoms with Crippen molar-refractivity contribution in [2.24, 2.45) is 11.8 Å². The number of nitrogens with zero attached hydrogens (tertiary/aromatic N) is 2. The lowest BCUT2D eigenvalue weighted by molar-refractivity contribution is -0.0357. The van der Waals surface area contributed by atoms with Gasteiger partial charge in [-0.05, 0) is 12.8 Å². The zero-order chi connectivity index (χ0) is 12.5. The summed E-state index contributed by atoms with van der Waals surface area (Å²) >= 11 is 0. The van der Waals surface area contributed by atoms with E-state index in [2.05, 4.69) is 5.10 Å². The van der Waals surface area contributed by atoms with Gasteiger partial charge in [0.05, 0.1) is 0 Å². The SMILES string of the molecule is CCn1nc(C(F)F)c2c1C(F)(F)[C@@H]1[C@H](C)[C@H]21. The molecule has 1 fully saturated rings. The van der Waals surface area contributed by atoms with Gasteiger partial charge in [0.2, 0.25) is 0 Å². The lowest BCUT2D eigenvalue weighted by Gasteiger charge is -2.15. The van der Waals surface area contributed by atoms with Gasteiger partial charge in [-0.25, -0.2) is 8.78 Å². The molecule has 0 aliphatic heterocycles. The maximum atomic E-state index is 14.0. The first-order valence-electron chi connectivity index (χ1n) is 5.68. The van der Waals surface area contributed by atoms with E-state index in [1.165, 1.54) is 0 Å². The van der Waals surface area contributed by atoms with Crippen molar-refractivity contribution >= 4 is 0 Å². The Bertz CT molecular complexity index is 480. The van der Waals surface area contributed by atoms with Crippen molar-refractivity contribution < 1.29 is 17.6 Å². The molecule has 1 aromatic rings. The minimum Gasteiger partial charge on any atom is -0.263 e. The average molecular weight is 248 g/mol. The number of halogens is 4. The molecule has 0 amide bonds. The molecule has 3 atom stereocenters. The van der Waals surface area contributed by atoms with Crippen LogP contribution in [0.25, 0.3) is 0 Å². The number of aromatic nitrogens is 2. The van der Waals surface area contributed by atoms with Gasteiger partial charge >= 0.3 is 0 Å². The molecule has 17 heavy (non-hydrogen) atoms. The highest BCUT2D eigenvalue weighted by Crippen LogP contribution is 2.71. The highest BCUT2D eigenvalue weighted by molar-refractivity contribution is 5.47. The Labute approximate surface area is 95.6 Å². The predicted molar refractivity (Wildman–Crippen MR) is 52.1 cm³/mol. The zero-order valence-electron chi connectivity index (χ0n) is 9.42. The van der Waals surface area contributed by atoms with Crippen LogP contribution in [0, 0.1) is 11.8 Å². The number of fused-ring (bicyclic) bond motifs is 3. The van der Waals surface area contributed by atoms with Crippen molar-refractivity contribution in [2.75, 3.05) is 0 Å². The van der Waals surface area contributed by atoms with Crippen molar-refractivity contribution in [1.29, 1.82) is 0 Å². The molecule has 0 unspecified atom stereocenters. The summed E-state index contributed by atoms with van der Waals surface area (Å²) in [6.07, 6.45) is -2.78. The van der Waals surface area contributed by atoms with Crippen LogP contribution in [-0.4, -0.2) is 9.78 Å². The van der Waals surface area contributed by atoms with E-state index in [4.69, 9.17) is 0 Å². The highest BCUT2D eigenvalue weighted by Gasteiger charge is 2.71. The third-order valence-electron chi connectivity index (χ3n) is 3.97. The van der Waals surface area contributed by atoms with Gasteiger partial charge in [-0.3, -0.25) is 4.68 Å². The Balaban J connectivity index is 2.22. The largest absolute Gasteiger partial charge is 0.293 e. The molecule has 0 bridgehead atoms. The van der Waals surface area contributed by atoms with E-state index in [9.17, 15) is 17.6 Å². The summed E-state index contributed by atoms with van der Waals surface area (Å²) < 4.78 is 54.8. The quantitative estimate of drug-likeness (QED) is 0.734. The summed E-state index contributed by atoms with van der Waals surface area (Å²) in [5, 5.41) is 3.64. The lowest BCUT2D eigenvalue weighted by Crippen LogP contribution is -2.20. The first-order valence-corrected chi connectivity index (χ1v) is 5.68. The minimum absolute atomic E-state index is 0.115. The van der Waals surface area contributed by atoms with E-state index in [1.54, 1.807) is 13.8 Å². The molecule has 2 aliphatic carbocycles. The third-order valence-corrected chi connectivity index (χ3v) is 3.97. The van der Waals surface area contributed by atoms with E-state index in [1.807, 2.05) is 0 Å². The molecule has 0 aromatic carbocycles. The Hall–Kier alpha value is -1.07. The maximum Gasteiger partial charge on any atom is 0.293 e. The number of aryl methyl sites for hydroxylation is 1. The fourth-order valence-corrected chi connectivity index (χ4v) is 3.18. The summed E-state index contributed by atoms with van der Waals surface area (Å²) in [4.78, 5) is 0. The van der Waals surface area contributed by atoms with Crippen molar-refractivity contribution in [3.8, 4) is 0 Å². The predicted octanol–water partition coefficient (Wildman–Crippen LogP) is 3.30. The van der Waals surface area contributed by atoms with Crippen LogP contribution in [0.1, 0.15) is 43.1 Å². The highest BCUT2D eigenvalue weighted by atomic mass is 19.3. The molecule has 94 valence electrons. The number of hydrogen-bond acceptors (Lipinski definition) is 1. The second-order valence-electron chi connectivity index (χ2n) is 4.80. The number of hydrogen-bond donors (Lipinski definition) is 0. The van der Waals surface area contributed by atoms with Gasteiger partial charge in [0.25, 0.3) is 12.3 Å². The van der Waals surface area contributed by atoms with E-state index < -0.39 is 29.9 Å². The van der Waals surface area contributed by atoms with Gasteiger partial charge in [-0.15, -0.1) is 0 Å². The van der Waals surface area contributed by atoms with Gasteiger partial charge in [0.15, 0.2) is 0 Å². The number of rotatable bonds is 2. The maximum absolute atomic E-state index is 14.0. The van der Waals surface area contributed by atoms with Crippen LogP contribution in [0.5, 0.6) is 0 Å². The Kier molecular flexibility index (Phi) is 1.97. The van der Waals surface area contributed by atoms with E-state index in [0.29, 0.717) is 0 Å². The van der Waals surface area contributed by atoms with Gasteiger partial charge in [0.1, 0.15) is 11.4 Å². The van der Waals surface area contributed by atoms with Gasteiger partial charge < -0.3 is 0 Å². The molecule has 0 N–H and O–H groups in total. The second kappa shape index (κ2) is 3.03.